The molecular weight excluding hydrogens is 610 g/mol. The number of ether oxygens (including phenoxy) is 2. The van der Waals surface area contributed by atoms with Crippen LogP contribution in [0, 0.1) is 5.92 Å². The minimum Gasteiger partial charge on any atom is -0.395 e. The highest BCUT2D eigenvalue weighted by molar-refractivity contribution is 6.17. The molecule has 258 valence electrons. The fraction of sp³-hybridized carbons (Fsp3) is 0.676. The minimum atomic E-state index is -0.0339. The molecule has 2 amide bonds. The zero-order valence-electron chi connectivity index (χ0n) is 27.4. The molecule has 0 unspecified atom stereocenters. The Balaban J connectivity index is 1.28. The van der Waals surface area contributed by atoms with Gasteiger partial charge in [-0.2, -0.15) is 0 Å². The number of hydrogen-bond donors (Lipinski definition) is 4. The first-order chi connectivity index (χ1) is 22.4. The lowest BCUT2D eigenvalue weighted by molar-refractivity contribution is -0.126. The summed E-state index contributed by atoms with van der Waals surface area (Å²) in [6, 6.07) is 7.98. The van der Waals surface area contributed by atoms with E-state index in [9.17, 15) is 19.8 Å². The number of nitrogens with one attached hydrogen (secondary N) is 2. The van der Waals surface area contributed by atoms with Gasteiger partial charge in [0.25, 0.3) is 0 Å². The van der Waals surface area contributed by atoms with Crippen LogP contribution in [0.25, 0.3) is 6.08 Å². The molecule has 1 fully saturated rings. The number of amidine groups is 1. The third-order valence-corrected chi connectivity index (χ3v) is 8.60. The molecule has 11 nitrogen and oxygen atoms in total. The van der Waals surface area contributed by atoms with Crippen molar-refractivity contribution in [3.05, 3.63) is 35.5 Å². The van der Waals surface area contributed by atoms with Crippen LogP contribution in [0.4, 0.5) is 5.69 Å². The van der Waals surface area contributed by atoms with E-state index in [1.165, 1.54) is 0 Å². The summed E-state index contributed by atoms with van der Waals surface area (Å²) in [6.45, 7) is 6.45. The van der Waals surface area contributed by atoms with Crippen molar-refractivity contribution in [3.63, 3.8) is 0 Å². The molecule has 1 aromatic carbocycles. The zero-order valence-corrected chi connectivity index (χ0v) is 28.2. The second-order valence-corrected chi connectivity index (χ2v) is 12.3. The lowest BCUT2D eigenvalue weighted by Gasteiger charge is -2.29. The molecule has 46 heavy (non-hydrogen) atoms. The Bertz CT molecular complexity index is 1090. The van der Waals surface area contributed by atoms with Gasteiger partial charge in [0, 0.05) is 49.8 Å². The molecule has 0 atom stereocenters. The number of halogens is 1. The highest BCUT2D eigenvalue weighted by Crippen LogP contribution is 2.25. The largest absolute Gasteiger partial charge is 0.395 e. The Morgan fingerprint density at radius 3 is 2.33 bits per heavy atom. The maximum atomic E-state index is 12.9. The number of hydrogen-bond acceptors (Lipinski definition) is 9. The van der Waals surface area contributed by atoms with Crippen LogP contribution in [0.3, 0.4) is 0 Å². The van der Waals surface area contributed by atoms with Gasteiger partial charge in [-0.25, -0.2) is 4.99 Å². The molecule has 4 N–H and O–H groups in total. The fourth-order valence-electron chi connectivity index (χ4n) is 5.77. The second-order valence-electron chi connectivity index (χ2n) is 11.9. The number of aliphatic hydroxyl groups excluding tert-OH is 2. The highest BCUT2D eigenvalue weighted by Gasteiger charge is 2.28. The van der Waals surface area contributed by atoms with Gasteiger partial charge < -0.3 is 40.1 Å². The molecule has 0 aromatic heterocycles. The predicted octanol–water partition coefficient (Wildman–Crippen LogP) is 3.18. The van der Waals surface area contributed by atoms with E-state index in [-0.39, 0.29) is 43.5 Å². The van der Waals surface area contributed by atoms with E-state index in [0.29, 0.717) is 46.0 Å². The smallest absolute Gasteiger partial charge is 0.239 e. The summed E-state index contributed by atoms with van der Waals surface area (Å²) in [5.74, 6) is 1.53. The molecule has 1 heterocycles. The topological polar surface area (TPSA) is 136 Å². The van der Waals surface area contributed by atoms with Gasteiger partial charge in [-0.1, -0.05) is 25.0 Å². The number of unbranched alkanes of at least 4 members (excludes halogenated alkanes) is 3. The van der Waals surface area contributed by atoms with Gasteiger partial charge in [0.15, 0.2) is 0 Å². The lowest BCUT2D eigenvalue weighted by atomic mass is 9.85. The number of carbonyl (C=O) groups excluding carboxylic acids is 2. The minimum absolute atomic E-state index is 0.0203. The van der Waals surface area contributed by atoms with E-state index < -0.39 is 0 Å². The maximum Gasteiger partial charge on any atom is 0.239 e. The summed E-state index contributed by atoms with van der Waals surface area (Å²) in [5.41, 5.74) is 2.82. The number of aliphatic hydroxyl groups is 2. The average Bonchev–Trinajstić information content (AvgIpc) is 3.39. The van der Waals surface area contributed by atoms with Crippen molar-refractivity contribution in [2.75, 3.05) is 83.1 Å². The number of carbonyl (C=O) groups is 2. The molecule has 1 saturated carbocycles. The molecule has 0 radical (unpaired) electrons. The molecule has 0 bridgehead atoms. The van der Waals surface area contributed by atoms with E-state index >= 15 is 0 Å². The lowest BCUT2D eigenvalue weighted by Crippen LogP contribution is -2.45. The number of aliphatic imine (C=N–C) groups is 1. The van der Waals surface area contributed by atoms with E-state index in [1.54, 1.807) is 0 Å². The van der Waals surface area contributed by atoms with Gasteiger partial charge in [-0.3, -0.25) is 9.59 Å². The summed E-state index contributed by atoms with van der Waals surface area (Å²) in [7, 11) is 0. The summed E-state index contributed by atoms with van der Waals surface area (Å²) < 4.78 is 11.1. The van der Waals surface area contributed by atoms with E-state index in [2.05, 4.69) is 15.6 Å². The van der Waals surface area contributed by atoms with Crippen LogP contribution in [0.2, 0.25) is 0 Å². The van der Waals surface area contributed by atoms with Crippen molar-refractivity contribution < 1.29 is 29.3 Å². The molecule has 1 aliphatic carbocycles. The molecular formula is C34H54ClN5O6. The molecule has 1 aliphatic heterocycles. The number of rotatable bonds is 22. The fourth-order valence-corrected chi connectivity index (χ4v) is 5.96. The average molecular weight is 664 g/mol. The normalized spacial score (nSPS) is 18.9. The predicted molar refractivity (Wildman–Crippen MR) is 183 cm³/mol. The molecule has 0 spiro atoms. The number of benzene rings is 1. The van der Waals surface area contributed by atoms with Crippen LogP contribution in [0.15, 0.2) is 35.0 Å². The third-order valence-electron chi connectivity index (χ3n) is 8.33. The van der Waals surface area contributed by atoms with Crippen molar-refractivity contribution >= 4 is 41.0 Å². The van der Waals surface area contributed by atoms with Crippen molar-refractivity contribution in [2.24, 2.45) is 10.9 Å². The molecule has 12 heteroatoms. The van der Waals surface area contributed by atoms with Crippen LogP contribution < -0.4 is 15.5 Å². The Labute approximate surface area is 279 Å². The molecule has 2 aliphatic rings. The quantitative estimate of drug-likeness (QED) is 0.110. The Morgan fingerprint density at radius 1 is 0.978 bits per heavy atom. The van der Waals surface area contributed by atoms with E-state index in [1.807, 2.05) is 47.1 Å². The van der Waals surface area contributed by atoms with Crippen LogP contribution in [0.5, 0.6) is 0 Å². The van der Waals surface area contributed by atoms with E-state index in [4.69, 9.17) is 21.1 Å². The van der Waals surface area contributed by atoms with Gasteiger partial charge in [0.2, 0.25) is 11.8 Å². The first-order valence-corrected chi connectivity index (χ1v) is 17.3. The number of alkyl halides is 1. The van der Waals surface area contributed by atoms with E-state index in [0.717, 1.165) is 86.6 Å². The van der Waals surface area contributed by atoms with Crippen LogP contribution in [0.1, 0.15) is 63.9 Å². The standard InChI is InChI=1S/C34H54ClN5O6/c1-27-37-31(24-28-6-12-32(13-7-28)39(16-18-41)17-19-42)25-40(27)26-33(43)38-30-10-8-29(9-11-30)34(44)36-15-21-46-23-22-45-20-5-3-2-4-14-35/h6-7,12-13,24,29-30,41-42H,2-5,8-11,14-23,25-26H2,1H3,(H,36,44)(H,38,43)/b31-24+. The monoisotopic (exact) mass is 663 g/mol. The Morgan fingerprint density at radius 2 is 1.65 bits per heavy atom. The molecule has 1 aromatic rings. The van der Waals surface area contributed by atoms with Crippen LogP contribution in [-0.4, -0.2) is 117 Å². The first-order valence-electron chi connectivity index (χ1n) is 16.8. The molecule has 3 rings (SSSR count). The van der Waals surface area contributed by atoms with Crippen molar-refractivity contribution in [2.45, 2.75) is 64.3 Å². The first kappa shape index (κ1) is 37.8. The van der Waals surface area contributed by atoms with Gasteiger partial charge in [-0.15, -0.1) is 11.6 Å². The maximum absolute atomic E-state index is 12.9. The van der Waals surface area contributed by atoms with Gasteiger partial charge in [-0.05, 0) is 69.2 Å². The third kappa shape index (κ3) is 14.0. The number of amides is 2. The summed E-state index contributed by atoms with van der Waals surface area (Å²) in [6.07, 6.45) is 9.47. The zero-order chi connectivity index (χ0) is 33.0. The number of anilines is 1. The van der Waals surface area contributed by atoms with Crippen molar-refractivity contribution in [1.82, 2.24) is 15.5 Å². The van der Waals surface area contributed by atoms with Crippen LogP contribution >= 0.6 is 11.6 Å². The Kier molecular flexibility index (Phi) is 18.0. The summed E-state index contributed by atoms with van der Waals surface area (Å²) >= 11 is 5.67. The number of nitrogens with zero attached hydrogens (tertiary/aromatic N) is 3. The summed E-state index contributed by atoms with van der Waals surface area (Å²) in [4.78, 5) is 34.0. The van der Waals surface area contributed by atoms with Crippen molar-refractivity contribution in [3.8, 4) is 0 Å². The SMILES string of the molecule is CC1=N/C(=C/c2ccc(N(CCO)CCO)cc2)CN1CC(=O)NC1CCC(C(=O)NCCOCCOCCCCCCCl)CC1. The van der Waals surface area contributed by atoms with Gasteiger partial charge in [0.1, 0.15) is 5.84 Å². The van der Waals surface area contributed by atoms with Crippen LogP contribution in [-0.2, 0) is 19.1 Å². The van der Waals surface area contributed by atoms with Crippen molar-refractivity contribution in [1.29, 1.82) is 0 Å². The van der Waals surface area contributed by atoms with Gasteiger partial charge in [0.05, 0.1) is 51.8 Å². The highest BCUT2D eigenvalue weighted by atomic mass is 35.5. The summed E-state index contributed by atoms with van der Waals surface area (Å²) in [5, 5.41) is 24.7. The van der Waals surface area contributed by atoms with Gasteiger partial charge >= 0.3 is 0 Å². The Hall–Kier alpha value is -2.70. The molecule has 0 saturated heterocycles. The second kappa shape index (κ2) is 22.0.